The number of aromatic nitrogens is 2. The number of anilines is 1. The van der Waals surface area contributed by atoms with Crippen LogP contribution >= 0.6 is 12.2 Å². The molecule has 0 spiro atoms. The third-order valence-electron chi connectivity index (χ3n) is 3.27. The average molecular weight is 310 g/mol. The summed E-state index contributed by atoms with van der Waals surface area (Å²) in [7, 11) is 0. The summed E-state index contributed by atoms with van der Waals surface area (Å²) in [5.41, 5.74) is 8.76. The molecule has 0 amide bonds. The topological polar surface area (TPSA) is 73.1 Å². The molecule has 1 heterocycles. The molecule has 118 valence electrons. The van der Waals surface area contributed by atoms with E-state index in [-0.39, 0.29) is 0 Å². The Morgan fingerprint density at radius 1 is 1.19 bits per heavy atom. The first kappa shape index (κ1) is 17.8. The molecule has 21 heavy (non-hydrogen) atoms. The molecule has 6 heteroatoms. The Labute approximate surface area is 132 Å². The van der Waals surface area contributed by atoms with Gasteiger partial charge in [-0.2, -0.15) is 5.10 Å². The number of hydrogen-bond acceptors (Lipinski definition) is 5. The van der Waals surface area contributed by atoms with Crippen LogP contribution in [0.15, 0.2) is 0 Å². The number of nitrogens with one attached hydrogen (secondary N) is 1. The highest BCUT2D eigenvalue weighted by atomic mass is 32.1. The highest BCUT2D eigenvalue weighted by Gasteiger charge is 2.16. The van der Waals surface area contributed by atoms with E-state index in [2.05, 4.69) is 36.3 Å². The van der Waals surface area contributed by atoms with Gasteiger partial charge in [0, 0.05) is 13.2 Å². The lowest BCUT2D eigenvalue weighted by Crippen LogP contribution is -2.21. The summed E-state index contributed by atoms with van der Waals surface area (Å²) in [5, 5.41) is 11.7. The molecular weight excluding hydrogens is 284 g/mol. The van der Waals surface area contributed by atoms with Crippen molar-refractivity contribution in [1.29, 1.82) is 0 Å². The third-order valence-corrected chi connectivity index (χ3v) is 3.48. The molecule has 0 unspecified atom stereocenters. The van der Waals surface area contributed by atoms with Gasteiger partial charge in [-0.3, -0.25) is 0 Å². The predicted molar refractivity (Wildman–Crippen MR) is 90.9 cm³/mol. The fourth-order valence-electron chi connectivity index (χ4n) is 2.15. The Morgan fingerprint density at radius 3 is 2.52 bits per heavy atom. The lowest BCUT2D eigenvalue weighted by atomic mass is 10.0. The standard InChI is InChI=1S/C15H26N4OS/c1-4-7-9-20-10-8-17-15-13(14(16)21)11(5-2)12(6-3)18-19-15/h4-10H2,1-3H3,(H2,16,21)(H,17,19). The molecule has 1 aromatic heterocycles. The van der Waals surface area contributed by atoms with Crippen molar-refractivity contribution in [2.45, 2.75) is 46.5 Å². The molecule has 0 saturated carbocycles. The van der Waals surface area contributed by atoms with E-state index in [1.807, 2.05) is 0 Å². The summed E-state index contributed by atoms with van der Waals surface area (Å²) < 4.78 is 5.52. The minimum absolute atomic E-state index is 0.367. The first-order valence-corrected chi connectivity index (χ1v) is 8.06. The second-order valence-corrected chi connectivity index (χ2v) is 5.25. The number of unbranched alkanes of at least 4 members (excludes halogenated alkanes) is 1. The summed E-state index contributed by atoms with van der Waals surface area (Å²) >= 11 is 5.19. The summed E-state index contributed by atoms with van der Waals surface area (Å²) in [6.07, 6.45) is 3.89. The van der Waals surface area contributed by atoms with Crippen LogP contribution < -0.4 is 11.1 Å². The minimum Gasteiger partial charge on any atom is -0.389 e. The maximum absolute atomic E-state index is 5.88. The lowest BCUT2D eigenvalue weighted by Gasteiger charge is -2.15. The van der Waals surface area contributed by atoms with Gasteiger partial charge in [0.25, 0.3) is 0 Å². The van der Waals surface area contributed by atoms with Crippen LogP contribution in [0.3, 0.4) is 0 Å². The number of thiocarbonyl (C=S) groups is 1. The maximum atomic E-state index is 5.88. The third kappa shape index (κ3) is 5.21. The van der Waals surface area contributed by atoms with Crippen LogP contribution in [-0.4, -0.2) is 34.9 Å². The molecule has 5 nitrogen and oxygen atoms in total. The van der Waals surface area contributed by atoms with Crippen LogP contribution in [0.1, 0.15) is 50.4 Å². The lowest BCUT2D eigenvalue weighted by molar-refractivity contribution is 0.141. The second kappa shape index (κ2) is 9.63. The molecule has 1 rings (SSSR count). The van der Waals surface area contributed by atoms with Gasteiger partial charge >= 0.3 is 0 Å². The number of hydrogen-bond donors (Lipinski definition) is 2. The summed E-state index contributed by atoms with van der Waals surface area (Å²) in [6.45, 7) is 8.38. The Kier molecular flexibility index (Phi) is 8.15. The van der Waals surface area contributed by atoms with Gasteiger partial charge in [0.2, 0.25) is 0 Å². The van der Waals surface area contributed by atoms with Crippen molar-refractivity contribution in [3.63, 3.8) is 0 Å². The van der Waals surface area contributed by atoms with E-state index in [0.717, 1.165) is 49.1 Å². The largest absolute Gasteiger partial charge is 0.389 e. The van der Waals surface area contributed by atoms with E-state index in [9.17, 15) is 0 Å². The van der Waals surface area contributed by atoms with E-state index in [1.165, 1.54) is 0 Å². The van der Waals surface area contributed by atoms with Crippen molar-refractivity contribution in [1.82, 2.24) is 10.2 Å². The van der Waals surface area contributed by atoms with Crippen molar-refractivity contribution in [2.24, 2.45) is 5.73 Å². The zero-order valence-corrected chi connectivity index (χ0v) is 14.1. The molecule has 3 N–H and O–H groups in total. The Morgan fingerprint density at radius 2 is 1.95 bits per heavy atom. The molecule has 0 fully saturated rings. The number of nitrogens with two attached hydrogens (primary N) is 1. The molecule has 0 aliphatic rings. The van der Waals surface area contributed by atoms with Crippen molar-refractivity contribution in [3.05, 3.63) is 16.8 Å². The molecule has 0 atom stereocenters. The SMILES string of the molecule is CCCCOCCNc1nnc(CC)c(CC)c1C(N)=S. The van der Waals surface area contributed by atoms with Gasteiger partial charge < -0.3 is 15.8 Å². The van der Waals surface area contributed by atoms with Crippen molar-refractivity contribution in [2.75, 3.05) is 25.1 Å². The zero-order valence-electron chi connectivity index (χ0n) is 13.2. The van der Waals surface area contributed by atoms with Crippen molar-refractivity contribution >= 4 is 23.0 Å². The summed E-state index contributed by atoms with van der Waals surface area (Å²) in [4.78, 5) is 0.367. The van der Waals surface area contributed by atoms with Crippen LogP contribution in [-0.2, 0) is 17.6 Å². The van der Waals surface area contributed by atoms with E-state index in [1.54, 1.807) is 0 Å². The zero-order chi connectivity index (χ0) is 15.7. The van der Waals surface area contributed by atoms with Crippen LogP contribution in [0.2, 0.25) is 0 Å². The van der Waals surface area contributed by atoms with Crippen molar-refractivity contribution in [3.8, 4) is 0 Å². The highest BCUT2D eigenvalue weighted by molar-refractivity contribution is 7.80. The molecule has 0 saturated heterocycles. The molecule has 0 aliphatic carbocycles. The van der Waals surface area contributed by atoms with Gasteiger partial charge in [0.15, 0.2) is 5.82 Å². The molecule has 0 radical (unpaired) electrons. The quantitative estimate of drug-likeness (QED) is 0.511. The fourth-order valence-corrected chi connectivity index (χ4v) is 2.37. The van der Waals surface area contributed by atoms with Gasteiger partial charge in [0.05, 0.1) is 17.9 Å². The number of ether oxygens (including phenoxy) is 1. The first-order valence-electron chi connectivity index (χ1n) is 7.65. The first-order chi connectivity index (χ1) is 10.2. The summed E-state index contributed by atoms with van der Waals surface area (Å²) in [5.74, 6) is 0.663. The smallest absolute Gasteiger partial charge is 0.159 e. The molecule has 0 aliphatic heterocycles. The van der Waals surface area contributed by atoms with E-state index in [4.69, 9.17) is 22.7 Å². The Balaban J connectivity index is 2.75. The van der Waals surface area contributed by atoms with Crippen LogP contribution in [0, 0.1) is 0 Å². The van der Waals surface area contributed by atoms with Crippen molar-refractivity contribution < 1.29 is 4.74 Å². The average Bonchev–Trinajstić information content (AvgIpc) is 2.49. The van der Waals surface area contributed by atoms with E-state index >= 15 is 0 Å². The van der Waals surface area contributed by atoms with Gasteiger partial charge in [-0.15, -0.1) is 5.10 Å². The van der Waals surface area contributed by atoms with E-state index in [0.29, 0.717) is 24.0 Å². The number of aryl methyl sites for hydroxylation is 1. The van der Waals surface area contributed by atoms with Gasteiger partial charge in [-0.05, 0) is 24.8 Å². The number of rotatable bonds is 10. The fraction of sp³-hybridized carbons (Fsp3) is 0.667. The monoisotopic (exact) mass is 310 g/mol. The summed E-state index contributed by atoms with van der Waals surface area (Å²) in [6, 6.07) is 0. The Hall–Kier alpha value is -1.27. The second-order valence-electron chi connectivity index (χ2n) is 4.81. The predicted octanol–water partition coefficient (Wildman–Crippen LogP) is 2.46. The molecule has 0 aromatic carbocycles. The molecular formula is C15H26N4OS. The van der Waals surface area contributed by atoms with Crippen LogP contribution in [0.5, 0.6) is 0 Å². The van der Waals surface area contributed by atoms with Crippen LogP contribution in [0.25, 0.3) is 0 Å². The maximum Gasteiger partial charge on any atom is 0.159 e. The van der Waals surface area contributed by atoms with E-state index < -0.39 is 0 Å². The molecule has 1 aromatic rings. The highest BCUT2D eigenvalue weighted by Crippen LogP contribution is 2.20. The molecule has 0 bridgehead atoms. The Bertz CT molecular complexity index is 465. The normalized spacial score (nSPS) is 10.6. The van der Waals surface area contributed by atoms with Gasteiger partial charge in [-0.25, -0.2) is 0 Å². The number of nitrogens with zero attached hydrogens (tertiary/aromatic N) is 2. The minimum atomic E-state index is 0.367. The van der Waals surface area contributed by atoms with Crippen LogP contribution in [0.4, 0.5) is 5.82 Å². The van der Waals surface area contributed by atoms with Gasteiger partial charge in [0.1, 0.15) is 4.99 Å². The van der Waals surface area contributed by atoms with Gasteiger partial charge in [-0.1, -0.05) is 39.4 Å².